The van der Waals surface area contributed by atoms with Crippen LogP contribution < -0.4 is 0 Å². The summed E-state index contributed by atoms with van der Waals surface area (Å²) >= 11 is 7.02. The quantitative estimate of drug-likeness (QED) is 0.0622. The van der Waals surface area contributed by atoms with E-state index in [2.05, 4.69) is 194 Å². The van der Waals surface area contributed by atoms with Crippen molar-refractivity contribution < 1.29 is 19.1 Å². The number of thioether (sulfide) groups is 2. The van der Waals surface area contributed by atoms with E-state index in [1.54, 1.807) is 0 Å². The zero-order valence-electron chi connectivity index (χ0n) is 44.1. The van der Waals surface area contributed by atoms with Crippen molar-refractivity contribution in [2.45, 2.75) is 260 Å². The molecule has 0 rings (SSSR count). The summed E-state index contributed by atoms with van der Waals surface area (Å²) in [5, 5.41) is 0.442. The third-order valence-corrected chi connectivity index (χ3v) is 25.3. The third-order valence-electron chi connectivity index (χ3n) is 9.85. The van der Waals surface area contributed by atoms with Gasteiger partial charge in [-0.1, -0.05) is 67.1 Å². The molecule has 0 aromatic heterocycles. The van der Waals surface area contributed by atoms with Crippen LogP contribution in [0.4, 0.5) is 0 Å². The molecule has 0 aromatic carbocycles. The average Bonchev–Trinajstić information content (AvgIpc) is 3.05. The highest BCUT2D eigenvalue weighted by Crippen LogP contribution is 2.66. The van der Waals surface area contributed by atoms with Crippen LogP contribution >= 0.6 is 61.1 Å². The summed E-state index contributed by atoms with van der Waals surface area (Å²) in [6, 6.07) is 3.07. The van der Waals surface area contributed by atoms with Crippen LogP contribution in [0.5, 0.6) is 0 Å². The average molecular weight is 974 g/mol. The Bertz CT molecular complexity index is 1250. The Morgan fingerprint density at radius 3 is 1.00 bits per heavy atom. The van der Waals surface area contributed by atoms with Crippen molar-refractivity contribution in [3.63, 3.8) is 0 Å². The van der Waals surface area contributed by atoms with Gasteiger partial charge in [0.1, 0.15) is 14.8 Å². The number of hydrogen-bond acceptors (Lipinski definition) is 12. The van der Waals surface area contributed by atoms with Gasteiger partial charge in [0.15, 0.2) is 10.2 Å². The number of ether oxygens (including phenoxy) is 2. The van der Waals surface area contributed by atoms with Crippen LogP contribution in [0.2, 0.25) is 0 Å². The topological polar surface area (TPSA) is 65.6 Å². The predicted octanol–water partition coefficient (Wildman–Crippen LogP) is 14.9. The van der Waals surface area contributed by atoms with Gasteiger partial charge < -0.3 is 9.47 Å². The molecule has 61 heavy (non-hydrogen) atoms. The lowest BCUT2D eigenvalue weighted by molar-refractivity contribution is -0.113. The molecule has 0 bridgehead atoms. The SMILES string of the molecule is CCC(=O)SC(C)(C)COCC(C)(C)SP(N(C(C)C)C(C)C)N(C(C)C)C(C)CCC(C)N(C(C)C)P(SC(C)(C)COCC(C)(C)SC(=O)C(C)C)N(C(C)C)C(C)C. The van der Waals surface area contributed by atoms with Crippen molar-refractivity contribution in [1.82, 2.24) is 18.7 Å². The summed E-state index contributed by atoms with van der Waals surface area (Å²) in [5.74, 6) is 0.0133. The van der Waals surface area contributed by atoms with E-state index < -0.39 is 14.8 Å². The molecule has 4 unspecified atom stereocenters. The van der Waals surface area contributed by atoms with E-state index in [9.17, 15) is 9.59 Å². The normalized spacial score (nSPS) is 16.0. The molecule has 14 heteroatoms. The molecule has 0 fully saturated rings. The Morgan fingerprint density at radius 1 is 0.459 bits per heavy atom. The molecular weight excluding hydrogens is 875 g/mol. The minimum atomic E-state index is -0.750. The predicted molar refractivity (Wildman–Crippen MR) is 284 cm³/mol. The molecule has 8 nitrogen and oxygen atoms in total. The number of nitrogens with zero attached hydrogens (tertiary/aromatic N) is 4. The second kappa shape index (κ2) is 28.0. The first-order valence-corrected chi connectivity index (χ1v) is 30.3. The molecule has 0 N–H and O–H groups in total. The van der Waals surface area contributed by atoms with Gasteiger partial charge >= 0.3 is 0 Å². The highest BCUT2D eigenvalue weighted by Gasteiger charge is 2.42. The van der Waals surface area contributed by atoms with Crippen molar-refractivity contribution in [3.05, 3.63) is 0 Å². The van der Waals surface area contributed by atoms with Crippen LogP contribution in [0.3, 0.4) is 0 Å². The van der Waals surface area contributed by atoms with Crippen molar-refractivity contribution >= 4 is 71.4 Å². The molecule has 0 radical (unpaired) electrons. The maximum atomic E-state index is 12.6. The molecule has 364 valence electrons. The van der Waals surface area contributed by atoms with Crippen LogP contribution in [0.25, 0.3) is 0 Å². The number of carbonyl (C=O) groups is 2. The van der Waals surface area contributed by atoms with Crippen molar-refractivity contribution in [2.24, 2.45) is 5.92 Å². The van der Waals surface area contributed by atoms with E-state index in [-0.39, 0.29) is 35.1 Å². The molecular formula is C47H98N4O4P2S4. The number of rotatable bonds is 31. The minimum Gasteiger partial charge on any atom is -0.379 e. The second-order valence-electron chi connectivity index (χ2n) is 21.5. The molecule has 0 heterocycles. The van der Waals surface area contributed by atoms with Gasteiger partial charge in [-0.2, -0.15) is 0 Å². The van der Waals surface area contributed by atoms with Crippen LogP contribution in [-0.2, 0) is 19.1 Å². The summed E-state index contributed by atoms with van der Waals surface area (Å²) in [5.41, 5.74) is 0. The van der Waals surface area contributed by atoms with E-state index in [0.717, 1.165) is 12.8 Å². The number of carbonyl (C=O) groups excluding carboxylic acids is 2. The zero-order valence-corrected chi connectivity index (χ0v) is 49.2. The van der Waals surface area contributed by atoms with Crippen LogP contribution in [0, 0.1) is 5.92 Å². The summed E-state index contributed by atoms with van der Waals surface area (Å²) < 4.78 is 23.4. The number of hydrogen-bond donors (Lipinski definition) is 0. The molecule has 0 aliphatic heterocycles. The lowest BCUT2D eigenvalue weighted by Gasteiger charge is -2.50. The first kappa shape index (κ1) is 62.4. The molecule has 0 saturated carbocycles. The molecule has 0 aliphatic rings. The summed E-state index contributed by atoms with van der Waals surface area (Å²) in [6.07, 6.45) is 2.75. The highest BCUT2D eigenvalue weighted by atomic mass is 32.7. The largest absolute Gasteiger partial charge is 0.379 e. The van der Waals surface area contributed by atoms with Crippen molar-refractivity contribution in [1.29, 1.82) is 0 Å². The molecule has 0 aromatic rings. The van der Waals surface area contributed by atoms with Gasteiger partial charge in [-0.15, -0.1) is 0 Å². The smallest absolute Gasteiger partial charge is 0.192 e. The maximum absolute atomic E-state index is 12.6. The summed E-state index contributed by atoms with van der Waals surface area (Å²) in [4.78, 5) is 24.8. The molecule has 0 spiro atoms. The highest BCUT2D eigenvalue weighted by molar-refractivity contribution is 8.55. The van der Waals surface area contributed by atoms with Gasteiger partial charge in [-0.3, -0.25) is 28.3 Å². The van der Waals surface area contributed by atoms with Gasteiger partial charge in [0.2, 0.25) is 0 Å². The Hall–Kier alpha value is 1.36. The van der Waals surface area contributed by atoms with E-state index in [0.29, 0.717) is 81.2 Å². The maximum Gasteiger partial charge on any atom is 0.192 e. The van der Waals surface area contributed by atoms with Gasteiger partial charge in [0, 0.05) is 79.7 Å². The lowest BCUT2D eigenvalue weighted by atomic mass is 10.1. The molecule has 0 aliphatic carbocycles. The van der Waals surface area contributed by atoms with Crippen molar-refractivity contribution in [2.75, 3.05) is 26.4 Å². The van der Waals surface area contributed by atoms with Crippen LogP contribution in [0.1, 0.15) is 192 Å². The first-order valence-electron chi connectivity index (χ1n) is 23.3. The van der Waals surface area contributed by atoms with E-state index >= 15 is 0 Å². The van der Waals surface area contributed by atoms with Crippen LogP contribution in [-0.4, -0.2) is 123 Å². The van der Waals surface area contributed by atoms with Crippen LogP contribution in [0.15, 0.2) is 0 Å². The fraction of sp³-hybridized carbons (Fsp3) is 0.957. The van der Waals surface area contributed by atoms with E-state index in [1.807, 2.05) is 20.8 Å². The van der Waals surface area contributed by atoms with E-state index in [4.69, 9.17) is 9.47 Å². The third kappa shape index (κ3) is 23.3. The van der Waals surface area contributed by atoms with Gasteiger partial charge in [0.05, 0.1) is 26.4 Å². The van der Waals surface area contributed by atoms with Gasteiger partial charge in [-0.25, -0.2) is 0 Å². The zero-order chi connectivity index (χ0) is 48.0. The molecule has 0 saturated heterocycles. The summed E-state index contributed by atoms with van der Waals surface area (Å²) in [6.45, 7) is 59.3. The fourth-order valence-electron chi connectivity index (χ4n) is 7.32. The Kier molecular flexibility index (Phi) is 28.6. The van der Waals surface area contributed by atoms with Gasteiger partial charge in [-0.05, 0) is 165 Å². The monoisotopic (exact) mass is 973 g/mol. The standard InChI is InChI=1S/C47H98N4O4P2S4/c1-26-42(52)58-44(18,19)29-54-31-46(22,23)60-56(48(34(4)5)35(6)7)50(38(12)13)40(16)27-28-41(17)51(39(14)15)57(49(36(8)9)37(10)11)61-47(24,25)32-55-30-45(20,21)59-43(53)33(2)3/h33-41H,26-32H2,1-25H3. The first-order chi connectivity index (χ1) is 27.6. The molecule has 4 atom stereocenters. The van der Waals surface area contributed by atoms with Gasteiger partial charge in [0.25, 0.3) is 0 Å². The van der Waals surface area contributed by atoms with Crippen molar-refractivity contribution in [3.8, 4) is 0 Å². The minimum absolute atomic E-state index is 0.0133. The summed E-state index contributed by atoms with van der Waals surface area (Å²) in [7, 11) is -1.50. The molecule has 0 amide bonds. The Labute approximate surface area is 398 Å². The Morgan fingerprint density at radius 2 is 0.738 bits per heavy atom. The fourth-order valence-corrected chi connectivity index (χ4v) is 22.9. The second-order valence-corrected chi connectivity index (χ2v) is 33.4. The van der Waals surface area contributed by atoms with E-state index in [1.165, 1.54) is 23.5 Å². The Balaban J connectivity index is 6.60. The lowest BCUT2D eigenvalue weighted by Crippen LogP contribution is -2.45.